The molecule has 2 atom stereocenters. The highest BCUT2D eigenvalue weighted by atomic mass is 16.5. The van der Waals surface area contributed by atoms with Crippen molar-refractivity contribution in [3.05, 3.63) is 42.0 Å². The molecule has 0 aliphatic carbocycles. The Kier molecular flexibility index (Phi) is 7.22. The highest BCUT2D eigenvalue weighted by Gasteiger charge is 2.22. The average molecular weight is 401 g/mol. The summed E-state index contributed by atoms with van der Waals surface area (Å²) in [6.45, 7) is 11.4. The number of ether oxygens (including phenoxy) is 1. The number of para-hydroxylation sites is 1. The molecule has 0 radical (unpaired) electrons. The topological polar surface area (TPSA) is 84.3 Å². The second-order valence-corrected chi connectivity index (χ2v) is 7.99. The molecule has 29 heavy (non-hydrogen) atoms. The Hall–Kier alpha value is -2.45. The van der Waals surface area contributed by atoms with Crippen molar-refractivity contribution in [2.45, 2.75) is 58.9 Å². The molecule has 8 heteroatoms. The second kappa shape index (κ2) is 9.84. The van der Waals surface area contributed by atoms with Gasteiger partial charge in [-0.25, -0.2) is 4.79 Å². The number of carbonyl (C=O) groups is 1. The molecule has 2 heterocycles. The number of hydrogen-bond acceptors (Lipinski definition) is 5. The minimum absolute atomic E-state index is 0.211. The molecule has 2 aromatic rings. The van der Waals surface area contributed by atoms with Crippen LogP contribution in [0.25, 0.3) is 0 Å². The van der Waals surface area contributed by atoms with Crippen molar-refractivity contribution in [2.75, 3.05) is 25.0 Å². The summed E-state index contributed by atoms with van der Waals surface area (Å²) in [5.41, 5.74) is 1.94. The number of benzene rings is 1. The highest BCUT2D eigenvalue weighted by Crippen LogP contribution is 2.20. The number of nitrogens with zero attached hydrogens (tertiary/aromatic N) is 4. The monoisotopic (exact) mass is 400 g/mol. The second-order valence-electron chi connectivity index (χ2n) is 7.99. The number of amides is 2. The van der Waals surface area contributed by atoms with Crippen LogP contribution in [0, 0.1) is 0 Å². The quantitative estimate of drug-likeness (QED) is 0.747. The smallest absolute Gasteiger partial charge is 0.319 e. The van der Waals surface area contributed by atoms with Gasteiger partial charge in [0, 0.05) is 44.3 Å². The normalized spacial score (nSPS) is 20.0. The van der Waals surface area contributed by atoms with E-state index in [4.69, 9.17) is 4.74 Å². The van der Waals surface area contributed by atoms with Crippen molar-refractivity contribution < 1.29 is 9.53 Å². The van der Waals surface area contributed by atoms with Gasteiger partial charge in [0.05, 0.1) is 12.2 Å². The zero-order valence-electron chi connectivity index (χ0n) is 17.8. The van der Waals surface area contributed by atoms with Crippen LogP contribution in [-0.2, 0) is 17.7 Å². The van der Waals surface area contributed by atoms with Gasteiger partial charge in [0.1, 0.15) is 12.2 Å². The average Bonchev–Trinajstić information content (AvgIpc) is 3.11. The molecule has 3 rings (SSSR count). The molecule has 0 bridgehead atoms. The van der Waals surface area contributed by atoms with Crippen LogP contribution in [0.5, 0.6) is 0 Å². The van der Waals surface area contributed by atoms with Gasteiger partial charge in [0.2, 0.25) is 0 Å². The van der Waals surface area contributed by atoms with E-state index in [-0.39, 0.29) is 18.2 Å². The van der Waals surface area contributed by atoms with Crippen LogP contribution in [0.15, 0.2) is 30.6 Å². The SMILES string of the molecule is CC1CN(Cc2ccccc2NC(=O)NCCc2nncn2C(C)C)CC(C)O1. The van der Waals surface area contributed by atoms with Crippen molar-refractivity contribution in [1.82, 2.24) is 25.0 Å². The lowest BCUT2D eigenvalue weighted by Gasteiger charge is -2.35. The van der Waals surface area contributed by atoms with E-state index in [1.807, 2.05) is 22.8 Å². The molecule has 0 saturated carbocycles. The number of rotatable bonds is 7. The fraction of sp³-hybridized carbons (Fsp3) is 0.571. The summed E-state index contributed by atoms with van der Waals surface area (Å²) < 4.78 is 7.83. The number of nitrogens with one attached hydrogen (secondary N) is 2. The maximum atomic E-state index is 12.4. The third kappa shape index (κ3) is 6.01. The molecule has 1 fully saturated rings. The van der Waals surface area contributed by atoms with Gasteiger partial charge in [-0.05, 0) is 39.3 Å². The van der Waals surface area contributed by atoms with Crippen molar-refractivity contribution >= 4 is 11.7 Å². The predicted molar refractivity (Wildman–Crippen MR) is 113 cm³/mol. The minimum Gasteiger partial charge on any atom is -0.373 e. The van der Waals surface area contributed by atoms with E-state index in [0.717, 1.165) is 36.7 Å². The van der Waals surface area contributed by atoms with E-state index >= 15 is 0 Å². The maximum absolute atomic E-state index is 12.4. The van der Waals surface area contributed by atoms with Gasteiger partial charge in [-0.1, -0.05) is 18.2 Å². The van der Waals surface area contributed by atoms with E-state index in [1.54, 1.807) is 6.33 Å². The molecule has 158 valence electrons. The molecule has 1 saturated heterocycles. The first-order chi connectivity index (χ1) is 13.9. The molecule has 1 aromatic carbocycles. The summed E-state index contributed by atoms with van der Waals surface area (Å²) in [5, 5.41) is 14.0. The number of aromatic nitrogens is 3. The lowest BCUT2D eigenvalue weighted by atomic mass is 10.1. The maximum Gasteiger partial charge on any atom is 0.319 e. The minimum atomic E-state index is -0.211. The fourth-order valence-electron chi connectivity index (χ4n) is 3.77. The molecule has 8 nitrogen and oxygen atoms in total. The van der Waals surface area contributed by atoms with Crippen molar-refractivity contribution in [3.63, 3.8) is 0 Å². The van der Waals surface area contributed by atoms with Crippen LogP contribution >= 0.6 is 0 Å². The highest BCUT2D eigenvalue weighted by molar-refractivity contribution is 5.90. The third-order valence-electron chi connectivity index (χ3n) is 4.99. The Morgan fingerprint density at radius 1 is 1.24 bits per heavy atom. The van der Waals surface area contributed by atoms with Crippen molar-refractivity contribution in [1.29, 1.82) is 0 Å². The Bertz CT molecular complexity index is 796. The van der Waals surface area contributed by atoms with Crippen LogP contribution in [0.4, 0.5) is 10.5 Å². The Morgan fingerprint density at radius 2 is 1.97 bits per heavy atom. The lowest BCUT2D eigenvalue weighted by Crippen LogP contribution is -2.45. The van der Waals surface area contributed by atoms with Gasteiger partial charge >= 0.3 is 6.03 Å². The first kappa shape index (κ1) is 21.3. The van der Waals surface area contributed by atoms with Crippen molar-refractivity contribution in [2.24, 2.45) is 0 Å². The van der Waals surface area contributed by atoms with Gasteiger partial charge in [0.15, 0.2) is 0 Å². The summed E-state index contributed by atoms with van der Waals surface area (Å²) >= 11 is 0. The van der Waals surface area contributed by atoms with E-state index in [1.165, 1.54) is 0 Å². The van der Waals surface area contributed by atoms with Gasteiger partial charge in [-0.3, -0.25) is 4.90 Å². The summed E-state index contributed by atoms with van der Waals surface area (Å²) in [6.07, 6.45) is 2.80. The standard InChI is InChI=1S/C21H32N6O2/c1-15(2)27-14-23-25-20(27)9-10-22-21(28)24-19-8-6-5-7-18(19)13-26-11-16(3)29-17(4)12-26/h5-8,14-17H,9-13H2,1-4H3,(H2,22,24,28). The number of anilines is 1. The molecule has 1 aromatic heterocycles. The van der Waals surface area contributed by atoms with Crippen LogP contribution in [0.2, 0.25) is 0 Å². The van der Waals surface area contributed by atoms with E-state index in [9.17, 15) is 4.79 Å². The molecule has 2 amide bonds. The zero-order valence-corrected chi connectivity index (χ0v) is 17.8. The van der Waals surface area contributed by atoms with Gasteiger partial charge in [-0.15, -0.1) is 10.2 Å². The number of carbonyl (C=O) groups excluding carboxylic acids is 1. The largest absolute Gasteiger partial charge is 0.373 e. The summed E-state index contributed by atoms with van der Waals surface area (Å²) in [4.78, 5) is 14.8. The van der Waals surface area contributed by atoms with Crippen LogP contribution in [0.1, 0.15) is 45.1 Å². The molecule has 2 N–H and O–H groups in total. The Labute approximate surface area is 172 Å². The molecule has 1 aliphatic heterocycles. The fourth-order valence-corrected chi connectivity index (χ4v) is 3.77. The molecule has 2 unspecified atom stereocenters. The van der Waals surface area contributed by atoms with E-state index in [2.05, 4.69) is 59.5 Å². The Balaban J connectivity index is 1.53. The van der Waals surface area contributed by atoms with Gasteiger partial charge < -0.3 is 19.9 Å². The van der Waals surface area contributed by atoms with Crippen LogP contribution in [0.3, 0.4) is 0 Å². The molecular weight excluding hydrogens is 368 g/mol. The third-order valence-corrected chi connectivity index (χ3v) is 4.99. The first-order valence-corrected chi connectivity index (χ1v) is 10.3. The molecule has 1 aliphatic rings. The van der Waals surface area contributed by atoms with Crippen LogP contribution in [-0.4, -0.2) is 57.5 Å². The summed E-state index contributed by atoms with van der Waals surface area (Å²) in [5.74, 6) is 0.872. The van der Waals surface area contributed by atoms with E-state index < -0.39 is 0 Å². The van der Waals surface area contributed by atoms with Gasteiger partial charge in [0.25, 0.3) is 0 Å². The first-order valence-electron chi connectivity index (χ1n) is 10.3. The molecular formula is C21H32N6O2. The van der Waals surface area contributed by atoms with Crippen LogP contribution < -0.4 is 10.6 Å². The zero-order chi connectivity index (χ0) is 20.8. The Morgan fingerprint density at radius 3 is 2.69 bits per heavy atom. The van der Waals surface area contributed by atoms with E-state index in [0.29, 0.717) is 19.0 Å². The number of hydrogen-bond donors (Lipinski definition) is 2. The molecule has 0 spiro atoms. The van der Waals surface area contributed by atoms with Gasteiger partial charge in [-0.2, -0.15) is 0 Å². The van der Waals surface area contributed by atoms with Crippen molar-refractivity contribution in [3.8, 4) is 0 Å². The summed E-state index contributed by atoms with van der Waals surface area (Å²) in [6, 6.07) is 8.03. The lowest BCUT2D eigenvalue weighted by molar-refractivity contribution is -0.0704. The predicted octanol–water partition coefficient (Wildman–Crippen LogP) is 2.83. The number of urea groups is 1. The number of morpholine rings is 1. The summed E-state index contributed by atoms with van der Waals surface area (Å²) in [7, 11) is 0.